The van der Waals surface area contributed by atoms with Crippen LogP contribution >= 0.6 is 0 Å². The lowest BCUT2D eigenvalue weighted by atomic mass is 9.87. The largest absolute Gasteiger partial charge is 0.456 e. The Balaban J connectivity index is 1.74. The minimum atomic E-state index is 0.792. The lowest BCUT2D eigenvalue weighted by molar-refractivity contribution is 0.615. The molecule has 0 aliphatic carbocycles. The molecule has 0 atom stereocenters. The molecule has 0 bridgehead atoms. The van der Waals surface area contributed by atoms with Crippen LogP contribution in [0.3, 0.4) is 0 Å². The van der Waals surface area contributed by atoms with Gasteiger partial charge in [-0.15, -0.1) is 0 Å². The quantitative estimate of drug-likeness (QED) is 0.480. The summed E-state index contributed by atoms with van der Waals surface area (Å²) in [6.07, 6.45) is 0. The Morgan fingerprint density at radius 2 is 1.48 bits per heavy atom. The molecular weight excluding hydrogens is 307 g/mol. The van der Waals surface area contributed by atoms with Gasteiger partial charge in [0.1, 0.15) is 11.2 Å². The molecule has 1 heterocycles. The van der Waals surface area contributed by atoms with Crippen LogP contribution in [0.1, 0.15) is 0 Å². The van der Waals surface area contributed by atoms with Crippen LogP contribution < -0.4 is 5.46 Å². The Hall–Kier alpha value is -3.04. The summed E-state index contributed by atoms with van der Waals surface area (Å²) < 4.78 is 6.12. The van der Waals surface area contributed by atoms with E-state index in [1.165, 1.54) is 16.2 Å². The second-order valence-electron chi connectivity index (χ2n) is 6.22. The zero-order valence-electron chi connectivity index (χ0n) is 13.4. The summed E-state index contributed by atoms with van der Waals surface area (Å²) >= 11 is 0. The van der Waals surface area contributed by atoms with E-state index >= 15 is 0 Å². The zero-order chi connectivity index (χ0) is 16.8. The van der Waals surface area contributed by atoms with Gasteiger partial charge in [-0.2, -0.15) is 0 Å². The van der Waals surface area contributed by atoms with E-state index < -0.39 is 0 Å². The number of benzene rings is 4. The molecule has 1 N–H and O–H groups in total. The molecule has 0 amide bonds. The molecule has 1 radical (unpaired) electrons. The number of hydrogen-bond acceptors (Lipinski definition) is 2. The molecule has 0 fully saturated rings. The molecule has 0 saturated carbocycles. The summed E-state index contributed by atoms with van der Waals surface area (Å²) in [5.74, 6) is 0. The molecule has 3 heteroatoms. The van der Waals surface area contributed by atoms with E-state index in [4.69, 9.17) is 9.44 Å². The summed E-state index contributed by atoms with van der Waals surface area (Å²) in [5.41, 5.74) is 4.79. The van der Waals surface area contributed by atoms with Gasteiger partial charge in [-0.05, 0) is 40.1 Å². The lowest BCUT2D eigenvalue weighted by Crippen LogP contribution is -2.11. The normalized spacial score (nSPS) is 11.4. The molecule has 2 nitrogen and oxygen atoms in total. The van der Waals surface area contributed by atoms with Crippen LogP contribution in [0.2, 0.25) is 0 Å². The summed E-state index contributed by atoms with van der Waals surface area (Å²) in [4.78, 5) is 0. The van der Waals surface area contributed by atoms with Crippen molar-refractivity contribution in [3.8, 4) is 11.1 Å². The van der Waals surface area contributed by atoms with Crippen LogP contribution in [0.25, 0.3) is 43.8 Å². The SMILES string of the molecule is O[B]c1ccc(-c2ccc3c(c2)oc2ccc4ccccc4c23)cc1. The van der Waals surface area contributed by atoms with Gasteiger partial charge in [0.25, 0.3) is 0 Å². The number of hydrogen-bond donors (Lipinski definition) is 1. The van der Waals surface area contributed by atoms with Crippen molar-refractivity contribution >= 4 is 45.7 Å². The smallest absolute Gasteiger partial charge is 0.326 e. The summed E-state index contributed by atoms with van der Waals surface area (Å²) in [5, 5.41) is 13.8. The Kier molecular flexibility index (Phi) is 3.15. The van der Waals surface area contributed by atoms with Gasteiger partial charge in [-0.1, -0.05) is 66.1 Å². The van der Waals surface area contributed by atoms with Gasteiger partial charge in [0.15, 0.2) is 0 Å². The first-order valence-electron chi connectivity index (χ1n) is 8.25. The fourth-order valence-electron chi connectivity index (χ4n) is 3.49. The van der Waals surface area contributed by atoms with Crippen molar-refractivity contribution in [1.82, 2.24) is 0 Å². The highest BCUT2D eigenvalue weighted by Gasteiger charge is 2.11. The first-order valence-corrected chi connectivity index (χ1v) is 8.25. The average molecular weight is 321 g/mol. The molecule has 0 spiro atoms. The third-order valence-electron chi connectivity index (χ3n) is 4.75. The Morgan fingerprint density at radius 1 is 0.680 bits per heavy atom. The van der Waals surface area contributed by atoms with E-state index in [0.717, 1.165) is 40.6 Å². The predicted octanol–water partition coefficient (Wildman–Crippen LogP) is 4.64. The molecule has 4 aromatic carbocycles. The molecule has 0 saturated heterocycles. The highest BCUT2D eigenvalue weighted by molar-refractivity contribution is 6.45. The van der Waals surface area contributed by atoms with E-state index in [1.54, 1.807) is 0 Å². The highest BCUT2D eigenvalue weighted by Crippen LogP contribution is 2.36. The maximum Gasteiger partial charge on any atom is 0.326 e. The van der Waals surface area contributed by atoms with Crippen molar-refractivity contribution in [2.24, 2.45) is 0 Å². The van der Waals surface area contributed by atoms with Crippen molar-refractivity contribution in [3.05, 3.63) is 78.9 Å². The van der Waals surface area contributed by atoms with Crippen LogP contribution in [0, 0.1) is 0 Å². The van der Waals surface area contributed by atoms with Gasteiger partial charge in [0.05, 0.1) is 0 Å². The maximum atomic E-state index is 9.07. The van der Waals surface area contributed by atoms with Gasteiger partial charge in [-0.3, -0.25) is 0 Å². The molecule has 1 aromatic heterocycles. The van der Waals surface area contributed by atoms with Crippen molar-refractivity contribution in [2.45, 2.75) is 0 Å². The van der Waals surface area contributed by atoms with E-state index in [-0.39, 0.29) is 0 Å². The first kappa shape index (κ1) is 14.3. The van der Waals surface area contributed by atoms with Crippen molar-refractivity contribution in [3.63, 3.8) is 0 Å². The van der Waals surface area contributed by atoms with E-state index in [1.807, 2.05) is 30.3 Å². The molecule has 25 heavy (non-hydrogen) atoms. The summed E-state index contributed by atoms with van der Waals surface area (Å²) in [6.45, 7) is 0. The molecule has 0 aliphatic rings. The van der Waals surface area contributed by atoms with Crippen LogP contribution in [0.15, 0.2) is 83.3 Å². The minimum absolute atomic E-state index is 0.792. The summed E-state index contributed by atoms with van der Waals surface area (Å²) in [6, 6.07) is 26.7. The Morgan fingerprint density at radius 3 is 2.32 bits per heavy atom. The molecule has 0 aliphatic heterocycles. The molecule has 5 aromatic rings. The van der Waals surface area contributed by atoms with Crippen molar-refractivity contribution in [2.75, 3.05) is 0 Å². The summed E-state index contributed by atoms with van der Waals surface area (Å²) in [7, 11) is 1.11. The predicted molar refractivity (Wildman–Crippen MR) is 104 cm³/mol. The second-order valence-corrected chi connectivity index (χ2v) is 6.22. The monoisotopic (exact) mass is 321 g/mol. The van der Waals surface area contributed by atoms with E-state index in [9.17, 15) is 0 Å². The first-order chi connectivity index (χ1) is 12.3. The topological polar surface area (TPSA) is 33.4 Å². The van der Waals surface area contributed by atoms with E-state index in [0.29, 0.717) is 0 Å². The standard InChI is InChI=1S/C22H14BO2/c24-23-17-9-5-14(6-10-17)16-7-11-19-21(13-16)25-20-12-8-15-3-1-2-4-18(15)22(19)20/h1-13,24H. The third kappa shape index (κ3) is 2.24. The molecule has 5 rings (SSSR count). The van der Waals surface area contributed by atoms with Gasteiger partial charge >= 0.3 is 7.48 Å². The fourth-order valence-corrected chi connectivity index (χ4v) is 3.49. The van der Waals surface area contributed by atoms with Gasteiger partial charge in [0, 0.05) is 10.8 Å². The fraction of sp³-hybridized carbons (Fsp3) is 0. The molecular formula is C22H14BO2. The third-order valence-corrected chi connectivity index (χ3v) is 4.75. The second kappa shape index (κ2) is 5.50. The van der Waals surface area contributed by atoms with Crippen molar-refractivity contribution in [1.29, 1.82) is 0 Å². The maximum absolute atomic E-state index is 9.07. The van der Waals surface area contributed by atoms with Gasteiger partial charge < -0.3 is 9.44 Å². The van der Waals surface area contributed by atoms with Gasteiger partial charge in [0.2, 0.25) is 0 Å². The Bertz CT molecular complexity index is 1220. The van der Waals surface area contributed by atoms with Crippen molar-refractivity contribution < 1.29 is 9.44 Å². The van der Waals surface area contributed by atoms with Crippen LogP contribution in [0.4, 0.5) is 0 Å². The Labute approximate surface area is 145 Å². The number of fused-ring (bicyclic) bond motifs is 5. The molecule has 0 unspecified atom stereocenters. The van der Waals surface area contributed by atoms with Crippen LogP contribution in [-0.4, -0.2) is 12.5 Å². The van der Waals surface area contributed by atoms with Crippen LogP contribution in [-0.2, 0) is 0 Å². The lowest BCUT2D eigenvalue weighted by Gasteiger charge is -2.03. The highest BCUT2D eigenvalue weighted by atomic mass is 16.3. The average Bonchev–Trinajstić information content (AvgIpc) is 3.06. The number of rotatable bonds is 2. The zero-order valence-corrected chi connectivity index (χ0v) is 13.4. The minimum Gasteiger partial charge on any atom is -0.456 e. The van der Waals surface area contributed by atoms with E-state index in [2.05, 4.69) is 48.5 Å². The van der Waals surface area contributed by atoms with Gasteiger partial charge in [-0.25, -0.2) is 0 Å². The van der Waals surface area contributed by atoms with Crippen LogP contribution in [0.5, 0.6) is 0 Å². The number of furan rings is 1. The molecule has 117 valence electrons.